The molecule has 3 rings (SSSR count). The predicted octanol–water partition coefficient (Wildman–Crippen LogP) is 2.78. The molecule has 0 radical (unpaired) electrons. The third kappa shape index (κ3) is 4.62. The summed E-state index contributed by atoms with van der Waals surface area (Å²) in [6, 6.07) is 13.5. The fourth-order valence-corrected chi connectivity index (χ4v) is 3.13. The highest BCUT2D eigenvalue weighted by Gasteiger charge is 2.37. The Morgan fingerprint density at radius 2 is 1.79 bits per heavy atom. The van der Waals surface area contributed by atoms with Gasteiger partial charge in [-0.25, -0.2) is 0 Å². The molecule has 1 heterocycles. The summed E-state index contributed by atoms with van der Waals surface area (Å²) in [5.41, 5.74) is 0.598. The second-order valence-electron chi connectivity index (χ2n) is 7.01. The lowest BCUT2D eigenvalue weighted by molar-refractivity contribution is -0.130. The predicted molar refractivity (Wildman–Crippen MR) is 110 cm³/mol. The Hall–Kier alpha value is -3.22. The van der Waals surface area contributed by atoms with Gasteiger partial charge in [0.05, 0.1) is 18.8 Å². The summed E-state index contributed by atoms with van der Waals surface area (Å²) < 4.78 is 16.5. The van der Waals surface area contributed by atoms with Gasteiger partial charge in [0.2, 0.25) is 5.91 Å². The molecule has 2 aromatic rings. The van der Waals surface area contributed by atoms with E-state index in [4.69, 9.17) is 14.2 Å². The second-order valence-corrected chi connectivity index (χ2v) is 7.01. The highest BCUT2D eigenvalue weighted by atomic mass is 16.5. The minimum Gasteiger partial charge on any atom is -0.497 e. The fraction of sp³-hybridized carbons (Fsp3) is 0.364. The molecule has 0 aromatic heterocycles. The van der Waals surface area contributed by atoms with Crippen molar-refractivity contribution in [2.24, 2.45) is 0 Å². The number of para-hydroxylation sites is 2. The maximum atomic E-state index is 12.8. The molecule has 0 saturated carbocycles. The van der Waals surface area contributed by atoms with E-state index in [1.807, 2.05) is 31.2 Å². The van der Waals surface area contributed by atoms with Crippen molar-refractivity contribution < 1.29 is 23.8 Å². The first-order chi connectivity index (χ1) is 13.9. The van der Waals surface area contributed by atoms with E-state index in [0.717, 1.165) is 5.75 Å². The van der Waals surface area contributed by atoms with Crippen LogP contribution in [0, 0.1) is 0 Å². The summed E-state index contributed by atoms with van der Waals surface area (Å²) in [5, 5.41) is 2.91. The number of anilines is 1. The molecule has 1 aliphatic heterocycles. The smallest absolute Gasteiger partial charge is 0.268 e. The third-order valence-electron chi connectivity index (χ3n) is 4.73. The lowest BCUT2D eigenvalue weighted by Gasteiger charge is -2.36. The summed E-state index contributed by atoms with van der Waals surface area (Å²) in [6.07, 6.45) is -0.643. The van der Waals surface area contributed by atoms with E-state index in [0.29, 0.717) is 23.8 Å². The average molecular weight is 398 g/mol. The zero-order valence-electron chi connectivity index (χ0n) is 17.0. The van der Waals surface area contributed by atoms with Gasteiger partial charge in [0.25, 0.3) is 5.91 Å². The van der Waals surface area contributed by atoms with Gasteiger partial charge in [0, 0.05) is 0 Å². The van der Waals surface area contributed by atoms with Gasteiger partial charge in [-0.2, -0.15) is 0 Å². The zero-order valence-corrected chi connectivity index (χ0v) is 17.0. The lowest BCUT2D eigenvalue weighted by Crippen LogP contribution is -2.55. The quantitative estimate of drug-likeness (QED) is 0.776. The van der Waals surface area contributed by atoms with E-state index in [1.54, 1.807) is 45.2 Å². The van der Waals surface area contributed by atoms with Crippen molar-refractivity contribution in [2.45, 2.75) is 39.0 Å². The lowest BCUT2D eigenvalue weighted by atomic mass is 10.1. The first-order valence-corrected chi connectivity index (χ1v) is 9.56. The number of amides is 2. The van der Waals surface area contributed by atoms with Crippen LogP contribution in [0.5, 0.6) is 17.2 Å². The molecule has 154 valence electrons. The molecule has 0 aliphatic carbocycles. The average Bonchev–Trinajstić information content (AvgIpc) is 2.73. The molecular formula is C22H26N2O5. The van der Waals surface area contributed by atoms with Crippen LogP contribution in [0.1, 0.15) is 20.8 Å². The van der Waals surface area contributed by atoms with Crippen LogP contribution < -0.4 is 24.4 Å². The number of hydrogen-bond donors (Lipinski definition) is 1. The molecule has 1 N–H and O–H groups in total. The van der Waals surface area contributed by atoms with E-state index in [1.165, 1.54) is 4.90 Å². The van der Waals surface area contributed by atoms with Crippen molar-refractivity contribution in [3.8, 4) is 17.2 Å². The van der Waals surface area contributed by atoms with Crippen molar-refractivity contribution in [3.63, 3.8) is 0 Å². The summed E-state index contributed by atoms with van der Waals surface area (Å²) in [4.78, 5) is 27.0. The zero-order chi connectivity index (χ0) is 21.0. The largest absolute Gasteiger partial charge is 0.497 e. The van der Waals surface area contributed by atoms with Crippen LogP contribution in [0.4, 0.5) is 5.69 Å². The minimum atomic E-state index is -0.682. The standard InChI is InChI=1S/C22H26N2O5/c1-14(13-28-18-11-9-17(27-4)10-12-18)23-21(25)15(2)24-19-7-5-6-8-20(19)29-16(3)22(24)26/h5-12,14-16H,13H2,1-4H3,(H,23,25). The Labute approximate surface area is 170 Å². The van der Waals surface area contributed by atoms with E-state index in [2.05, 4.69) is 5.32 Å². The van der Waals surface area contributed by atoms with Crippen LogP contribution in [0.25, 0.3) is 0 Å². The number of nitrogens with zero attached hydrogens (tertiary/aromatic N) is 1. The van der Waals surface area contributed by atoms with Gasteiger partial charge in [-0.15, -0.1) is 0 Å². The number of fused-ring (bicyclic) bond motifs is 1. The molecule has 2 aromatic carbocycles. The van der Waals surface area contributed by atoms with Gasteiger partial charge < -0.3 is 19.5 Å². The van der Waals surface area contributed by atoms with Gasteiger partial charge in [0.1, 0.15) is 29.9 Å². The van der Waals surface area contributed by atoms with Gasteiger partial charge in [0.15, 0.2) is 6.10 Å². The Bertz CT molecular complexity index is 868. The molecule has 1 aliphatic rings. The molecule has 7 heteroatoms. The maximum absolute atomic E-state index is 12.8. The number of rotatable bonds is 7. The number of ether oxygens (including phenoxy) is 3. The van der Waals surface area contributed by atoms with Crippen molar-refractivity contribution >= 4 is 17.5 Å². The SMILES string of the molecule is COc1ccc(OCC(C)NC(=O)C(C)N2C(=O)C(C)Oc3ccccc32)cc1. The molecular weight excluding hydrogens is 372 g/mol. The number of carbonyl (C=O) groups excluding carboxylic acids is 2. The molecule has 3 atom stereocenters. The number of methoxy groups -OCH3 is 1. The second kappa shape index (κ2) is 8.86. The van der Waals surface area contributed by atoms with Crippen molar-refractivity contribution in [3.05, 3.63) is 48.5 Å². The number of benzene rings is 2. The minimum absolute atomic E-state index is 0.240. The monoisotopic (exact) mass is 398 g/mol. The molecule has 0 spiro atoms. The van der Waals surface area contributed by atoms with E-state index >= 15 is 0 Å². The molecule has 0 saturated heterocycles. The fourth-order valence-electron chi connectivity index (χ4n) is 3.13. The Balaban J connectivity index is 1.61. The maximum Gasteiger partial charge on any atom is 0.268 e. The molecule has 29 heavy (non-hydrogen) atoms. The van der Waals surface area contributed by atoms with Crippen molar-refractivity contribution in [1.82, 2.24) is 5.32 Å². The van der Waals surface area contributed by atoms with Crippen LogP contribution >= 0.6 is 0 Å². The van der Waals surface area contributed by atoms with Gasteiger partial charge in [-0.05, 0) is 57.2 Å². The first-order valence-electron chi connectivity index (χ1n) is 9.56. The van der Waals surface area contributed by atoms with E-state index < -0.39 is 12.1 Å². The number of nitrogens with one attached hydrogen (secondary N) is 1. The van der Waals surface area contributed by atoms with E-state index in [-0.39, 0.29) is 17.9 Å². The number of hydrogen-bond acceptors (Lipinski definition) is 5. The summed E-state index contributed by atoms with van der Waals surface area (Å²) in [5.74, 6) is 1.53. The Morgan fingerprint density at radius 3 is 2.48 bits per heavy atom. The van der Waals surface area contributed by atoms with Gasteiger partial charge in [-0.3, -0.25) is 14.5 Å². The molecule has 7 nitrogen and oxygen atoms in total. The van der Waals surface area contributed by atoms with Crippen molar-refractivity contribution in [1.29, 1.82) is 0 Å². The molecule has 0 fully saturated rings. The molecule has 0 bridgehead atoms. The highest BCUT2D eigenvalue weighted by molar-refractivity contribution is 6.05. The summed E-state index contributed by atoms with van der Waals surface area (Å²) >= 11 is 0. The van der Waals surface area contributed by atoms with Crippen LogP contribution in [0.2, 0.25) is 0 Å². The van der Waals surface area contributed by atoms with Crippen LogP contribution in [0.15, 0.2) is 48.5 Å². The van der Waals surface area contributed by atoms with Crippen LogP contribution in [-0.2, 0) is 9.59 Å². The summed E-state index contributed by atoms with van der Waals surface area (Å²) in [7, 11) is 1.60. The van der Waals surface area contributed by atoms with Gasteiger partial charge in [-0.1, -0.05) is 12.1 Å². The first kappa shape index (κ1) is 20.5. The Morgan fingerprint density at radius 1 is 1.14 bits per heavy atom. The van der Waals surface area contributed by atoms with Crippen LogP contribution in [-0.4, -0.2) is 43.7 Å². The van der Waals surface area contributed by atoms with Crippen molar-refractivity contribution in [2.75, 3.05) is 18.6 Å². The number of carbonyl (C=O) groups is 2. The topological polar surface area (TPSA) is 77.1 Å². The normalized spacial score (nSPS) is 17.6. The highest BCUT2D eigenvalue weighted by Crippen LogP contribution is 2.35. The third-order valence-corrected chi connectivity index (χ3v) is 4.73. The molecule has 2 amide bonds. The Kier molecular flexibility index (Phi) is 6.26. The van der Waals surface area contributed by atoms with E-state index in [9.17, 15) is 9.59 Å². The van der Waals surface area contributed by atoms with Crippen LogP contribution in [0.3, 0.4) is 0 Å². The summed E-state index contributed by atoms with van der Waals surface area (Å²) in [6.45, 7) is 5.54. The van der Waals surface area contributed by atoms with Gasteiger partial charge >= 0.3 is 0 Å². The molecule has 3 unspecified atom stereocenters.